The van der Waals surface area contributed by atoms with Gasteiger partial charge in [0.2, 0.25) is 0 Å². The van der Waals surface area contributed by atoms with Crippen molar-refractivity contribution in [1.82, 2.24) is 19.8 Å². The fraction of sp³-hybridized carbons (Fsp3) is 0.409. The number of amides is 1. The Morgan fingerprint density at radius 2 is 2.07 bits per heavy atom. The molecule has 29 heavy (non-hydrogen) atoms. The smallest absolute Gasteiger partial charge is 0.262 e. The lowest BCUT2D eigenvalue weighted by Crippen LogP contribution is -2.32. The molecule has 0 fully saturated rings. The van der Waals surface area contributed by atoms with Gasteiger partial charge in [0.25, 0.3) is 11.5 Å². The molecule has 1 N–H and O–H groups in total. The Morgan fingerprint density at radius 1 is 1.28 bits per heavy atom. The van der Waals surface area contributed by atoms with E-state index in [0.717, 1.165) is 50.3 Å². The molecule has 1 aromatic carbocycles. The quantitative estimate of drug-likeness (QED) is 0.678. The van der Waals surface area contributed by atoms with Crippen molar-refractivity contribution in [3.63, 3.8) is 0 Å². The Balaban J connectivity index is 1.44. The highest BCUT2D eigenvalue weighted by atomic mass is 32.1. The number of nitrogens with zero attached hydrogens (tertiary/aromatic N) is 3. The van der Waals surface area contributed by atoms with Crippen LogP contribution in [0.25, 0.3) is 10.2 Å². The molecule has 0 radical (unpaired) electrons. The summed E-state index contributed by atoms with van der Waals surface area (Å²) in [6.07, 6.45) is 2.90. The summed E-state index contributed by atoms with van der Waals surface area (Å²) in [5, 5.41) is 3.60. The van der Waals surface area contributed by atoms with Crippen molar-refractivity contribution in [3.8, 4) is 0 Å². The average Bonchev–Trinajstić information content (AvgIpc) is 3.05. The van der Waals surface area contributed by atoms with Crippen LogP contribution in [0.4, 0.5) is 0 Å². The zero-order valence-corrected chi connectivity index (χ0v) is 17.7. The standard InChI is InChI=1S/C22H26N4O2S/c1-15-18-21(24-17-10-6-7-12-26(17)22(18)28)29-19(15)20(27)23-11-13-25(2)14-16-8-4-3-5-9-16/h3-5,8-9H,6-7,10-14H2,1-2H3,(H,23,27). The van der Waals surface area contributed by atoms with Crippen molar-refractivity contribution in [2.24, 2.45) is 0 Å². The SMILES string of the molecule is Cc1c(C(=O)NCCN(C)Cc2ccccc2)sc2nc3n(c(=O)c12)CCCC3. The van der Waals surface area contributed by atoms with Gasteiger partial charge in [-0.2, -0.15) is 0 Å². The number of carbonyl (C=O) groups excluding carboxylic acids is 1. The summed E-state index contributed by atoms with van der Waals surface area (Å²) in [4.78, 5) is 33.8. The van der Waals surface area contributed by atoms with Crippen LogP contribution in [0.15, 0.2) is 35.1 Å². The fourth-order valence-electron chi connectivity index (χ4n) is 3.86. The van der Waals surface area contributed by atoms with Crippen LogP contribution >= 0.6 is 11.3 Å². The summed E-state index contributed by atoms with van der Waals surface area (Å²) >= 11 is 1.33. The molecule has 0 atom stereocenters. The molecule has 1 aliphatic heterocycles. The van der Waals surface area contributed by atoms with E-state index in [0.29, 0.717) is 21.6 Å². The molecule has 2 aromatic heterocycles. The van der Waals surface area contributed by atoms with Gasteiger partial charge in [0.15, 0.2) is 0 Å². The number of thiophene rings is 1. The van der Waals surface area contributed by atoms with Gasteiger partial charge >= 0.3 is 0 Å². The molecule has 3 heterocycles. The van der Waals surface area contributed by atoms with Crippen LogP contribution in [0.5, 0.6) is 0 Å². The average molecular weight is 411 g/mol. The van der Waals surface area contributed by atoms with E-state index in [9.17, 15) is 9.59 Å². The first kappa shape index (κ1) is 19.8. The second-order valence-electron chi connectivity index (χ2n) is 7.66. The van der Waals surface area contributed by atoms with Gasteiger partial charge in [0, 0.05) is 32.6 Å². The van der Waals surface area contributed by atoms with Crippen LogP contribution in [0.1, 0.15) is 39.5 Å². The minimum Gasteiger partial charge on any atom is -0.350 e. The van der Waals surface area contributed by atoms with Crippen molar-refractivity contribution in [3.05, 3.63) is 62.5 Å². The number of hydrogen-bond donors (Lipinski definition) is 1. The maximum Gasteiger partial charge on any atom is 0.262 e. The molecule has 6 nitrogen and oxygen atoms in total. The summed E-state index contributed by atoms with van der Waals surface area (Å²) in [5.41, 5.74) is 2.00. The number of carbonyl (C=O) groups is 1. The molecule has 0 unspecified atom stereocenters. The second-order valence-corrected chi connectivity index (χ2v) is 8.66. The van der Waals surface area contributed by atoms with Gasteiger partial charge in [0.05, 0.1) is 10.3 Å². The van der Waals surface area contributed by atoms with Crippen LogP contribution in [0, 0.1) is 6.92 Å². The van der Waals surface area contributed by atoms with Crippen molar-refractivity contribution >= 4 is 27.5 Å². The molecular weight excluding hydrogens is 384 g/mol. The van der Waals surface area contributed by atoms with Crippen LogP contribution in [0.2, 0.25) is 0 Å². The molecule has 0 bridgehead atoms. The monoisotopic (exact) mass is 410 g/mol. The summed E-state index contributed by atoms with van der Waals surface area (Å²) in [7, 11) is 2.04. The zero-order chi connectivity index (χ0) is 20.4. The number of fused-ring (bicyclic) bond motifs is 2. The van der Waals surface area contributed by atoms with Crippen LogP contribution in [-0.4, -0.2) is 40.5 Å². The predicted octanol–water partition coefficient (Wildman–Crippen LogP) is 2.96. The van der Waals surface area contributed by atoms with Gasteiger partial charge in [0.1, 0.15) is 10.7 Å². The molecule has 0 saturated carbocycles. The summed E-state index contributed by atoms with van der Waals surface area (Å²) in [6, 6.07) is 10.3. The highest BCUT2D eigenvalue weighted by molar-refractivity contribution is 7.20. The fourth-order valence-corrected chi connectivity index (χ4v) is 4.97. The molecule has 0 spiro atoms. The van der Waals surface area contributed by atoms with Gasteiger partial charge in [-0.3, -0.25) is 14.2 Å². The van der Waals surface area contributed by atoms with Gasteiger partial charge in [-0.25, -0.2) is 4.98 Å². The van der Waals surface area contributed by atoms with Crippen molar-refractivity contribution in [1.29, 1.82) is 0 Å². The van der Waals surface area contributed by atoms with Crippen molar-refractivity contribution < 1.29 is 4.79 Å². The number of nitrogens with one attached hydrogen (secondary N) is 1. The molecule has 7 heteroatoms. The van der Waals surface area contributed by atoms with Crippen molar-refractivity contribution in [2.75, 3.05) is 20.1 Å². The van der Waals surface area contributed by atoms with E-state index in [1.165, 1.54) is 16.9 Å². The van der Waals surface area contributed by atoms with Crippen molar-refractivity contribution in [2.45, 2.75) is 39.3 Å². The van der Waals surface area contributed by atoms with E-state index in [1.807, 2.05) is 32.2 Å². The highest BCUT2D eigenvalue weighted by Gasteiger charge is 2.22. The molecule has 4 rings (SSSR count). The number of likely N-dealkylation sites (N-methyl/N-ethyl adjacent to an activating group) is 1. The first-order valence-electron chi connectivity index (χ1n) is 10.1. The minimum absolute atomic E-state index is 0.0000874. The van der Waals surface area contributed by atoms with E-state index < -0.39 is 0 Å². The van der Waals surface area contributed by atoms with E-state index in [4.69, 9.17) is 0 Å². The summed E-state index contributed by atoms with van der Waals surface area (Å²) in [5.74, 6) is 0.727. The molecule has 152 valence electrons. The van der Waals surface area contributed by atoms with Gasteiger partial charge in [-0.15, -0.1) is 11.3 Å². The van der Waals surface area contributed by atoms with Crippen LogP contribution in [0.3, 0.4) is 0 Å². The molecular formula is C22H26N4O2S. The molecule has 3 aromatic rings. The first-order chi connectivity index (χ1) is 14.0. The summed E-state index contributed by atoms with van der Waals surface area (Å²) < 4.78 is 1.78. The third kappa shape index (κ3) is 4.11. The predicted molar refractivity (Wildman–Crippen MR) is 117 cm³/mol. The lowest BCUT2D eigenvalue weighted by molar-refractivity contribution is 0.0953. The molecule has 0 saturated heterocycles. The van der Waals surface area contributed by atoms with E-state index in [2.05, 4.69) is 27.3 Å². The number of hydrogen-bond acceptors (Lipinski definition) is 5. The molecule has 1 aliphatic rings. The Kier molecular flexibility index (Phi) is 5.78. The van der Waals surface area contributed by atoms with Gasteiger partial charge < -0.3 is 10.2 Å². The highest BCUT2D eigenvalue weighted by Crippen LogP contribution is 2.28. The Bertz CT molecular complexity index is 1090. The lowest BCUT2D eigenvalue weighted by Gasteiger charge is -2.17. The number of aryl methyl sites for hydroxylation is 2. The number of benzene rings is 1. The molecule has 1 amide bonds. The van der Waals surface area contributed by atoms with Gasteiger partial charge in [-0.05, 0) is 37.9 Å². The Morgan fingerprint density at radius 3 is 2.86 bits per heavy atom. The normalized spacial score (nSPS) is 13.6. The maximum absolute atomic E-state index is 12.9. The summed E-state index contributed by atoms with van der Waals surface area (Å²) in [6.45, 7) is 4.72. The first-order valence-corrected chi connectivity index (χ1v) is 10.9. The third-order valence-electron chi connectivity index (χ3n) is 5.44. The zero-order valence-electron chi connectivity index (χ0n) is 16.9. The molecule has 0 aliphatic carbocycles. The number of rotatable bonds is 6. The maximum atomic E-state index is 12.9. The van der Waals surface area contributed by atoms with E-state index >= 15 is 0 Å². The largest absolute Gasteiger partial charge is 0.350 e. The topological polar surface area (TPSA) is 67.2 Å². The third-order valence-corrected chi connectivity index (χ3v) is 6.63. The lowest BCUT2D eigenvalue weighted by atomic mass is 10.1. The Hall–Kier alpha value is -2.51. The Labute approximate surface area is 174 Å². The minimum atomic E-state index is -0.124. The number of aromatic nitrogens is 2. The van der Waals surface area contributed by atoms with Gasteiger partial charge in [-0.1, -0.05) is 30.3 Å². The van der Waals surface area contributed by atoms with Crippen LogP contribution in [-0.2, 0) is 19.5 Å². The van der Waals surface area contributed by atoms with E-state index in [-0.39, 0.29) is 11.5 Å². The van der Waals surface area contributed by atoms with E-state index in [1.54, 1.807) is 4.57 Å². The second kappa shape index (κ2) is 8.47. The van der Waals surface area contributed by atoms with Crippen LogP contribution < -0.4 is 10.9 Å².